The summed E-state index contributed by atoms with van der Waals surface area (Å²) in [6, 6.07) is 12.0. The summed E-state index contributed by atoms with van der Waals surface area (Å²) in [5, 5.41) is 14.1. The predicted octanol–water partition coefficient (Wildman–Crippen LogP) is 6.65. The second kappa shape index (κ2) is 19.9. The largest absolute Gasteiger partial charge is 0.353 e. The number of anilines is 1. The molecular formula is C42H51Br2ClN12O2. The van der Waals surface area contributed by atoms with E-state index in [9.17, 15) is 9.59 Å². The van der Waals surface area contributed by atoms with Crippen LogP contribution >= 0.6 is 43.5 Å². The van der Waals surface area contributed by atoms with Crippen molar-refractivity contribution in [2.24, 2.45) is 5.73 Å². The maximum atomic E-state index is 13.0. The van der Waals surface area contributed by atoms with Crippen LogP contribution in [0.1, 0.15) is 72.2 Å². The van der Waals surface area contributed by atoms with Crippen LogP contribution in [0.3, 0.4) is 0 Å². The lowest BCUT2D eigenvalue weighted by atomic mass is 9.95. The number of rotatable bonds is 12. The zero-order valence-corrected chi connectivity index (χ0v) is 38.3. The van der Waals surface area contributed by atoms with E-state index in [1.54, 1.807) is 0 Å². The van der Waals surface area contributed by atoms with E-state index in [1.165, 1.54) is 0 Å². The van der Waals surface area contributed by atoms with Crippen molar-refractivity contribution in [1.82, 2.24) is 49.3 Å². The first-order valence-corrected chi connectivity index (χ1v) is 21.8. The van der Waals surface area contributed by atoms with E-state index in [0.717, 1.165) is 93.2 Å². The Morgan fingerprint density at radius 2 is 1.24 bits per heavy atom. The molecular weight excluding hydrogens is 900 g/mol. The van der Waals surface area contributed by atoms with Crippen LogP contribution in [0.4, 0.5) is 5.95 Å². The first kappa shape index (κ1) is 44.4. The number of carbonyl (C=O) groups excluding carboxylic acids is 2. The molecule has 0 radical (unpaired) electrons. The number of halogens is 3. The fourth-order valence-electron chi connectivity index (χ4n) is 7.29. The van der Waals surface area contributed by atoms with E-state index in [1.807, 2.05) is 86.3 Å². The molecule has 0 saturated heterocycles. The highest BCUT2D eigenvalue weighted by molar-refractivity contribution is 9.10. The lowest BCUT2D eigenvalue weighted by Gasteiger charge is -2.14. The van der Waals surface area contributed by atoms with Gasteiger partial charge in [-0.25, -0.2) is 9.97 Å². The summed E-state index contributed by atoms with van der Waals surface area (Å²) in [7, 11) is 8.06. The van der Waals surface area contributed by atoms with Crippen LogP contribution in [0, 0.1) is 0 Å². The van der Waals surface area contributed by atoms with Gasteiger partial charge in [-0.3, -0.25) is 19.0 Å². The number of ketones is 2. The van der Waals surface area contributed by atoms with E-state index in [4.69, 9.17) is 22.3 Å². The van der Waals surface area contributed by atoms with Gasteiger partial charge in [-0.05, 0) is 99.2 Å². The van der Waals surface area contributed by atoms with Gasteiger partial charge in [-0.2, -0.15) is 20.2 Å². The third kappa shape index (κ3) is 10.6. The molecule has 0 saturated carbocycles. The first-order chi connectivity index (χ1) is 28.3. The molecule has 6 aromatic rings. The molecule has 2 unspecified atom stereocenters. The lowest BCUT2D eigenvalue weighted by Crippen LogP contribution is -2.22. The molecule has 2 atom stereocenters. The Kier molecular flexibility index (Phi) is 15.0. The molecule has 17 heteroatoms. The second-order valence-electron chi connectivity index (χ2n) is 15.2. The van der Waals surface area contributed by atoms with Gasteiger partial charge in [0.05, 0.1) is 34.0 Å². The number of hydrogen-bond acceptors (Lipinski definition) is 12. The maximum Gasteiger partial charge on any atom is 0.225 e. The number of hydrogen-bond donors (Lipinski definition) is 2. The number of nitrogens with zero attached hydrogens (tertiary/aromatic N) is 10. The topological polar surface area (TPSA) is 166 Å². The first-order valence-electron chi connectivity index (χ1n) is 19.8. The lowest BCUT2D eigenvalue weighted by molar-refractivity contribution is -0.119. The van der Waals surface area contributed by atoms with E-state index < -0.39 is 5.92 Å². The number of benzene rings is 2. The van der Waals surface area contributed by atoms with Crippen LogP contribution in [0.2, 0.25) is 5.28 Å². The Morgan fingerprint density at radius 1 is 0.746 bits per heavy atom. The number of nitrogens with two attached hydrogens (primary N) is 1. The minimum absolute atomic E-state index is 0.121. The van der Waals surface area contributed by atoms with Gasteiger partial charge in [0, 0.05) is 73.4 Å². The van der Waals surface area contributed by atoms with Crippen LogP contribution in [-0.2, 0) is 35.5 Å². The van der Waals surface area contributed by atoms with Crippen molar-refractivity contribution in [2.45, 2.75) is 64.5 Å². The van der Waals surface area contributed by atoms with Crippen LogP contribution in [-0.4, -0.2) is 115 Å². The Balaban J connectivity index is 0.000000177. The Labute approximate surface area is 366 Å². The van der Waals surface area contributed by atoms with E-state index >= 15 is 0 Å². The minimum Gasteiger partial charge on any atom is -0.353 e. The standard InChI is InChI=1S/C21H25BrN6O.C17H14BrClN4O.C4H12N2/c1-4-8-28-12-16-19(18-15-11-14(22)6-5-13(15)10-17(18)29)24-21(25-20(16)26-28)23-7-9-27(2)3;1-2-5-23-8-12-15(20-17(19)21-16(12)22-23)14-11-7-10(18)4-3-9(11)6-13(14)24;1-6(2)4-3-5/h5-6,11-12,18H,4,7-10H2,1-3H3,(H,23,25,26);3-4,7-8,14H,2,5-6H2,1H3;3-5H2,1-2H3. The molecule has 0 amide bonds. The van der Waals surface area contributed by atoms with E-state index in [2.05, 4.69) is 86.0 Å². The number of aromatic nitrogens is 8. The molecule has 0 fully saturated rings. The maximum absolute atomic E-state index is 13.0. The highest BCUT2D eigenvalue weighted by Gasteiger charge is 2.36. The van der Waals surface area contributed by atoms with Crippen molar-refractivity contribution in [3.63, 3.8) is 0 Å². The molecule has 4 heterocycles. The SMILES string of the molecule is CCCn1cc2c(C3C(=O)Cc4ccc(Br)cc43)nc(Cl)nc2n1.CCCn1cc2c(C3C(=O)Cc4ccc(Br)cc43)nc(NCCN(C)C)nc2n1.CN(C)CCN. The zero-order chi connectivity index (χ0) is 42.4. The quantitative estimate of drug-likeness (QED) is 0.126. The van der Waals surface area contributed by atoms with Crippen molar-refractivity contribution in [3.8, 4) is 0 Å². The number of fused-ring (bicyclic) bond motifs is 4. The summed E-state index contributed by atoms with van der Waals surface area (Å²) in [4.78, 5) is 47.9. The molecule has 14 nitrogen and oxygen atoms in total. The zero-order valence-electron chi connectivity index (χ0n) is 34.3. The number of likely N-dealkylation sites (N-methyl/N-ethyl adjacent to an activating group) is 2. The average molecular weight is 951 g/mol. The fourth-order valence-corrected chi connectivity index (χ4v) is 8.22. The molecule has 0 spiro atoms. The van der Waals surface area contributed by atoms with Crippen molar-refractivity contribution >= 4 is 83.0 Å². The number of Topliss-reactive ketones (excluding diaryl/α,β-unsaturated/α-hetero) is 2. The third-order valence-electron chi connectivity index (χ3n) is 9.97. The Bertz CT molecular complexity index is 2450. The van der Waals surface area contributed by atoms with Gasteiger partial charge in [-0.15, -0.1) is 0 Å². The molecule has 0 aliphatic heterocycles. The summed E-state index contributed by atoms with van der Waals surface area (Å²) < 4.78 is 5.64. The molecule has 4 aromatic heterocycles. The van der Waals surface area contributed by atoms with Gasteiger partial charge >= 0.3 is 0 Å². The number of carbonyl (C=O) groups is 2. The predicted molar refractivity (Wildman–Crippen MR) is 240 cm³/mol. The highest BCUT2D eigenvalue weighted by atomic mass is 79.9. The summed E-state index contributed by atoms with van der Waals surface area (Å²) in [6.07, 6.45) is 6.67. The molecule has 312 valence electrons. The van der Waals surface area contributed by atoms with E-state index in [0.29, 0.717) is 42.3 Å². The van der Waals surface area contributed by atoms with Gasteiger partial charge in [0.15, 0.2) is 22.9 Å². The van der Waals surface area contributed by atoms with Gasteiger partial charge in [0.2, 0.25) is 11.2 Å². The Morgan fingerprint density at radius 3 is 1.69 bits per heavy atom. The number of nitrogens with one attached hydrogen (secondary N) is 1. The second-order valence-corrected chi connectivity index (χ2v) is 17.4. The third-order valence-corrected chi connectivity index (χ3v) is 11.1. The highest BCUT2D eigenvalue weighted by Crippen LogP contribution is 2.40. The van der Waals surface area contributed by atoms with Gasteiger partial charge < -0.3 is 20.9 Å². The van der Waals surface area contributed by atoms with Crippen LogP contribution in [0.15, 0.2) is 57.7 Å². The summed E-state index contributed by atoms with van der Waals surface area (Å²) in [5.41, 5.74) is 11.9. The van der Waals surface area contributed by atoms with Crippen molar-refractivity contribution in [3.05, 3.63) is 96.7 Å². The van der Waals surface area contributed by atoms with Gasteiger partial charge in [-0.1, -0.05) is 57.8 Å². The molecule has 3 N–H and O–H groups in total. The van der Waals surface area contributed by atoms with Gasteiger partial charge in [0.25, 0.3) is 0 Å². The minimum atomic E-state index is -0.417. The monoisotopic (exact) mass is 948 g/mol. The fraction of sp³-hybridized carbons (Fsp3) is 0.429. The Hall–Kier alpha value is -4.19. The molecule has 2 aliphatic carbocycles. The molecule has 2 aliphatic rings. The van der Waals surface area contributed by atoms with Gasteiger partial charge in [0.1, 0.15) is 0 Å². The van der Waals surface area contributed by atoms with Crippen molar-refractivity contribution < 1.29 is 9.59 Å². The smallest absolute Gasteiger partial charge is 0.225 e. The van der Waals surface area contributed by atoms with Crippen LogP contribution in [0.5, 0.6) is 0 Å². The molecule has 0 bridgehead atoms. The van der Waals surface area contributed by atoms with E-state index in [-0.39, 0.29) is 22.8 Å². The van der Waals surface area contributed by atoms with Crippen LogP contribution in [0.25, 0.3) is 22.1 Å². The summed E-state index contributed by atoms with van der Waals surface area (Å²) >= 11 is 13.1. The molecule has 8 rings (SSSR count). The molecule has 59 heavy (non-hydrogen) atoms. The summed E-state index contributed by atoms with van der Waals surface area (Å²) in [6.45, 7) is 9.11. The summed E-state index contributed by atoms with van der Waals surface area (Å²) in [5.74, 6) is 0.0109. The van der Waals surface area contributed by atoms with Crippen LogP contribution < -0.4 is 11.1 Å². The van der Waals surface area contributed by atoms with Crippen molar-refractivity contribution in [1.29, 1.82) is 0 Å². The molecule has 2 aromatic carbocycles. The normalized spacial score (nSPS) is 15.7. The average Bonchev–Trinajstić information content (AvgIpc) is 3.93. The number of aryl methyl sites for hydroxylation is 2. The van der Waals surface area contributed by atoms with Crippen molar-refractivity contribution in [2.75, 3.05) is 59.7 Å².